The second-order valence-electron chi connectivity index (χ2n) is 6.84. The molecule has 2 N–H and O–H groups in total. The lowest BCUT2D eigenvalue weighted by atomic mass is 9.96. The Morgan fingerprint density at radius 1 is 1.15 bits per heavy atom. The number of nitrogens with one attached hydrogen (secondary N) is 2. The predicted molar refractivity (Wildman–Crippen MR) is 103 cm³/mol. The molecule has 6 nitrogen and oxygen atoms in total. The largest absolute Gasteiger partial charge is 0.495 e. The summed E-state index contributed by atoms with van der Waals surface area (Å²) in [7, 11) is 1.59. The van der Waals surface area contributed by atoms with Gasteiger partial charge in [0.2, 0.25) is 0 Å². The number of carbonyl (C=O) groups excluding carboxylic acids is 1. The number of aromatic amines is 1. The van der Waals surface area contributed by atoms with Crippen LogP contribution in [0.15, 0.2) is 40.8 Å². The third-order valence-electron chi connectivity index (χ3n) is 5.22. The number of para-hydroxylation sites is 1. The molecule has 2 aromatic carbocycles. The molecule has 0 spiro atoms. The van der Waals surface area contributed by atoms with Crippen LogP contribution in [0.4, 0.5) is 5.69 Å². The van der Waals surface area contributed by atoms with Crippen LogP contribution in [-0.2, 0) is 12.8 Å². The monoisotopic (exact) mass is 361 g/mol. The van der Waals surface area contributed by atoms with Gasteiger partial charge in [-0.25, -0.2) is 0 Å². The van der Waals surface area contributed by atoms with Crippen LogP contribution in [0.5, 0.6) is 5.75 Å². The van der Waals surface area contributed by atoms with Gasteiger partial charge in [-0.3, -0.25) is 9.89 Å². The Kier molecular flexibility index (Phi) is 3.63. The molecule has 4 aromatic rings. The quantitative estimate of drug-likeness (QED) is 0.565. The molecule has 1 aliphatic carbocycles. The number of fused-ring (bicyclic) bond motifs is 4. The molecule has 0 aliphatic heterocycles. The summed E-state index contributed by atoms with van der Waals surface area (Å²) < 4.78 is 11.4. The van der Waals surface area contributed by atoms with Crippen LogP contribution in [0.3, 0.4) is 0 Å². The second-order valence-corrected chi connectivity index (χ2v) is 6.84. The summed E-state index contributed by atoms with van der Waals surface area (Å²) >= 11 is 0. The second kappa shape index (κ2) is 6.16. The van der Waals surface area contributed by atoms with Crippen molar-refractivity contribution in [3.8, 4) is 5.75 Å². The van der Waals surface area contributed by atoms with Crippen LogP contribution < -0.4 is 10.1 Å². The van der Waals surface area contributed by atoms with Crippen LogP contribution in [0, 0.1) is 0 Å². The first-order valence-electron chi connectivity index (χ1n) is 9.11. The zero-order chi connectivity index (χ0) is 18.4. The first-order chi connectivity index (χ1) is 13.2. The molecule has 27 heavy (non-hydrogen) atoms. The van der Waals surface area contributed by atoms with E-state index in [9.17, 15) is 4.79 Å². The van der Waals surface area contributed by atoms with Gasteiger partial charge in [-0.2, -0.15) is 5.10 Å². The van der Waals surface area contributed by atoms with Gasteiger partial charge >= 0.3 is 0 Å². The van der Waals surface area contributed by atoms with Crippen molar-refractivity contribution in [1.29, 1.82) is 0 Å². The molecule has 136 valence electrons. The number of ether oxygens (including phenoxy) is 1. The minimum atomic E-state index is -0.233. The van der Waals surface area contributed by atoms with E-state index in [2.05, 4.69) is 15.5 Å². The van der Waals surface area contributed by atoms with Crippen LogP contribution in [-0.4, -0.2) is 23.2 Å². The minimum Gasteiger partial charge on any atom is -0.495 e. The van der Waals surface area contributed by atoms with Crippen LogP contribution in [0.1, 0.15) is 34.6 Å². The summed E-state index contributed by atoms with van der Waals surface area (Å²) in [5.74, 6) is 0.356. The lowest BCUT2D eigenvalue weighted by Crippen LogP contribution is -2.16. The lowest BCUT2D eigenvalue weighted by molar-refractivity contribution is 0.102. The number of amides is 1. The van der Waals surface area contributed by atoms with Gasteiger partial charge in [0.25, 0.3) is 5.91 Å². The highest BCUT2D eigenvalue weighted by Crippen LogP contribution is 2.36. The highest BCUT2D eigenvalue weighted by Gasteiger charge is 2.23. The zero-order valence-electron chi connectivity index (χ0n) is 15.0. The number of furan rings is 1. The molecule has 1 aliphatic rings. The summed E-state index contributed by atoms with van der Waals surface area (Å²) in [4.78, 5) is 12.8. The highest BCUT2D eigenvalue weighted by molar-refractivity contribution is 6.09. The summed E-state index contributed by atoms with van der Waals surface area (Å²) in [5, 5.41) is 12.2. The fourth-order valence-electron chi connectivity index (χ4n) is 3.87. The van der Waals surface area contributed by atoms with E-state index in [4.69, 9.17) is 9.15 Å². The Hall–Kier alpha value is -3.28. The Morgan fingerprint density at radius 2 is 2.00 bits per heavy atom. The number of H-pyrrole nitrogens is 1. The van der Waals surface area contributed by atoms with Crippen molar-refractivity contribution in [2.75, 3.05) is 12.4 Å². The number of hydrogen-bond donors (Lipinski definition) is 2. The average Bonchev–Trinajstić information content (AvgIpc) is 3.28. The highest BCUT2D eigenvalue weighted by atomic mass is 16.5. The van der Waals surface area contributed by atoms with Crippen LogP contribution >= 0.6 is 0 Å². The normalized spacial score (nSPS) is 13.7. The molecule has 0 unspecified atom stereocenters. The first-order valence-corrected chi connectivity index (χ1v) is 9.11. The van der Waals surface area contributed by atoms with Gasteiger partial charge in [-0.1, -0.05) is 18.2 Å². The zero-order valence-corrected chi connectivity index (χ0v) is 15.0. The van der Waals surface area contributed by atoms with Gasteiger partial charge in [0.05, 0.1) is 12.8 Å². The predicted octanol–water partition coefficient (Wildman–Crippen LogP) is 4.45. The SMILES string of the molecule is COc1cc2c(cc1NC(=O)c1n[nH]c3c1CCCC3)oc1ccccc12. The fourth-order valence-corrected chi connectivity index (χ4v) is 3.87. The maximum atomic E-state index is 12.8. The van der Waals surface area contributed by atoms with Gasteiger partial charge in [0.1, 0.15) is 16.9 Å². The van der Waals surface area contributed by atoms with Crippen molar-refractivity contribution in [2.24, 2.45) is 0 Å². The number of hydrogen-bond acceptors (Lipinski definition) is 4. The third kappa shape index (κ3) is 2.56. The minimum absolute atomic E-state index is 0.233. The van der Waals surface area contributed by atoms with E-state index in [0.717, 1.165) is 53.3 Å². The van der Waals surface area contributed by atoms with Crippen molar-refractivity contribution >= 4 is 33.5 Å². The number of anilines is 1. The number of aryl methyl sites for hydroxylation is 1. The molecule has 6 heteroatoms. The average molecular weight is 361 g/mol. The standard InChI is InChI=1S/C21H19N3O3/c1-26-19-10-14-12-6-3-5-9-17(12)27-18(14)11-16(19)22-21(25)20-13-7-2-4-8-15(13)23-24-20/h3,5-6,9-11H,2,4,7-8H2,1H3,(H,22,25)(H,23,24). The third-order valence-corrected chi connectivity index (χ3v) is 5.22. The van der Waals surface area contributed by atoms with E-state index < -0.39 is 0 Å². The molecule has 1 amide bonds. The summed E-state index contributed by atoms with van der Waals surface area (Å²) in [6.07, 6.45) is 4.05. The van der Waals surface area contributed by atoms with Gasteiger partial charge in [0, 0.05) is 28.1 Å². The van der Waals surface area contributed by atoms with Crippen LogP contribution in [0.2, 0.25) is 0 Å². The molecular weight excluding hydrogens is 342 g/mol. The molecule has 0 atom stereocenters. The van der Waals surface area contributed by atoms with E-state index in [1.54, 1.807) is 7.11 Å². The number of rotatable bonds is 3. The molecule has 0 bridgehead atoms. The van der Waals surface area contributed by atoms with Gasteiger partial charge in [-0.05, 0) is 37.8 Å². The van der Waals surface area contributed by atoms with Crippen molar-refractivity contribution in [1.82, 2.24) is 10.2 Å². The Balaban J connectivity index is 1.55. The molecule has 5 rings (SSSR count). The van der Waals surface area contributed by atoms with Gasteiger partial charge in [0.15, 0.2) is 5.69 Å². The smallest absolute Gasteiger partial charge is 0.276 e. The molecule has 2 aromatic heterocycles. The Bertz CT molecular complexity index is 1170. The summed E-state index contributed by atoms with van der Waals surface area (Å²) in [5.41, 5.74) is 4.66. The topological polar surface area (TPSA) is 80.1 Å². The van der Waals surface area contributed by atoms with Crippen molar-refractivity contribution in [3.05, 3.63) is 53.3 Å². The molecule has 0 saturated heterocycles. The van der Waals surface area contributed by atoms with Crippen LogP contribution in [0.25, 0.3) is 21.9 Å². The fraction of sp³-hybridized carbons (Fsp3) is 0.238. The number of benzene rings is 2. The molecular formula is C21H19N3O3. The number of methoxy groups -OCH3 is 1. The number of nitrogens with zero attached hydrogens (tertiary/aromatic N) is 1. The Labute approximate surface area is 155 Å². The van der Waals surface area contributed by atoms with E-state index in [-0.39, 0.29) is 5.91 Å². The number of carbonyl (C=O) groups is 1. The summed E-state index contributed by atoms with van der Waals surface area (Å²) in [6, 6.07) is 11.6. The maximum absolute atomic E-state index is 12.8. The van der Waals surface area contributed by atoms with E-state index in [0.29, 0.717) is 22.7 Å². The Morgan fingerprint density at radius 3 is 2.89 bits per heavy atom. The van der Waals surface area contributed by atoms with Gasteiger partial charge in [-0.15, -0.1) is 0 Å². The van der Waals surface area contributed by atoms with Crippen molar-refractivity contribution in [3.63, 3.8) is 0 Å². The van der Waals surface area contributed by atoms with E-state index >= 15 is 0 Å². The lowest BCUT2D eigenvalue weighted by Gasteiger charge is -2.12. The van der Waals surface area contributed by atoms with E-state index in [1.165, 1.54) is 0 Å². The number of aromatic nitrogens is 2. The van der Waals surface area contributed by atoms with Crippen molar-refractivity contribution in [2.45, 2.75) is 25.7 Å². The van der Waals surface area contributed by atoms with Gasteiger partial charge < -0.3 is 14.5 Å². The molecule has 0 saturated carbocycles. The first kappa shape index (κ1) is 15.9. The molecule has 2 heterocycles. The molecule has 0 fully saturated rings. The summed E-state index contributed by atoms with van der Waals surface area (Å²) in [6.45, 7) is 0. The molecule has 0 radical (unpaired) electrons. The maximum Gasteiger partial charge on any atom is 0.276 e. The van der Waals surface area contributed by atoms with Crippen molar-refractivity contribution < 1.29 is 13.9 Å². The van der Waals surface area contributed by atoms with E-state index in [1.807, 2.05) is 36.4 Å².